The number of amides is 2. The van der Waals surface area contributed by atoms with E-state index in [1.807, 2.05) is 12.1 Å². The van der Waals surface area contributed by atoms with Crippen molar-refractivity contribution in [2.45, 2.75) is 25.3 Å². The Morgan fingerprint density at radius 1 is 1.04 bits per heavy atom. The number of carbonyl (C=O) groups excluding carboxylic acids is 1. The van der Waals surface area contributed by atoms with E-state index in [-0.39, 0.29) is 0 Å². The van der Waals surface area contributed by atoms with Crippen molar-refractivity contribution in [1.82, 2.24) is 10.3 Å². The van der Waals surface area contributed by atoms with E-state index in [0.717, 1.165) is 25.3 Å². The van der Waals surface area contributed by atoms with Gasteiger partial charge in [0.2, 0.25) is 0 Å². The zero-order chi connectivity index (χ0) is 16.8. The van der Waals surface area contributed by atoms with Gasteiger partial charge in [-0.1, -0.05) is 42.5 Å². The molecular formula is C19H24N4O. The topological polar surface area (TPSA) is 70.4 Å². The van der Waals surface area contributed by atoms with Crippen LogP contribution in [0.3, 0.4) is 0 Å². The summed E-state index contributed by atoms with van der Waals surface area (Å²) < 4.78 is 0. The number of rotatable bonds is 4. The molecular weight excluding hydrogens is 300 g/mol. The van der Waals surface area contributed by atoms with E-state index < -0.39 is 6.03 Å². The largest absolute Gasteiger partial charge is 0.333 e. The summed E-state index contributed by atoms with van der Waals surface area (Å²) in [5.41, 5.74) is 5.53. The van der Waals surface area contributed by atoms with Crippen LogP contribution in [-0.4, -0.2) is 24.0 Å². The molecule has 2 aromatic rings. The van der Waals surface area contributed by atoms with Crippen LogP contribution < -0.4 is 16.6 Å². The number of hydrogen-bond donors (Lipinski definition) is 3. The second-order valence-electron chi connectivity index (χ2n) is 6.26. The van der Waals surface area contributed by atoms with Gasteiger partial charge in [-0.05, 0) is 55.1 Å². The second kappa shape index (κ2) is 7.95. The first-order valence-electron chi connectivity index (χ1n) is 8.38. The van der Waals surface area contributed by atoms with Gasteiger partial charge in [-0.3, -0.25) is 10.3 Å². The number of nitrogens with two attached hydrogens (primary N) is 1. The quantitative estimate of drug-likeness (QED) is 0.460. The summed E-state index contributed by atoms with van der Waals surface area (Å²) in [5.74, 6) is 5.66. The smallest absolute Gasteiger partial charge is 0.307 e. The third-order valence-electron chi connectivity index (χ3n) is 4.61. The van der Waals surface area contributed by atoms with Gasteiger partial charge in [0.15, 0.2) is 0 Å². The number of anilines is 1. The number of likely N-dealkylation sites (tertiary alicyclic amines) is 1. The molecule has 1 saturated heterocycles. The average Bonchev–Trinajstić information content (AvgIpc) is 2.64. The fraction of sp³-hybridized carbons (Fsp3) is 0.316. The summed E-state index contributed by atoms with van der Waals surface area (Å²) in [7, 11) is 0. The van der Waals surface area contributed by atoms with Crippen molar-refractivity contribution in [3.8, 4) is 0 Å². The summed E-state index contributed by atoms with van der Waals surface area (Å²) in [5, 5.41) is 2.67. The fourth-order valence-corrected chi connectivity index (χ4v) is 3.27. The van der Waals surface area contributed by atoms with Crippen LogP contribution in [0.5, 0.6) is 0 Å². The molecule has 1 heterocycles. The Labute approximate surface area is 142 Å². The zero-order valence-electron chi connectivity index (χ0n) is 13.7. The number of piperidine rings is 1. The van der Waals surface area contributed by atoms with Crippen molar-refractivity contribution in [1.29, 1.82) is 0 Å². The number of nitrogens with one attached hydrogen (secondary N) is 2. The molecule has 2 amide bonds. The molecule has 0 radical (unpaired) electrons. The molecule has 1 aliphatic heterocycles. The Balaban J connectivity index is 1.52. The molecule has 5 heteroatoms. The van der Waals surface area contributed by atoms with E-state index in [1.165, 1.54) is 24.0 Å². The molecule has 0 unspecified atom stereocenters. The number of hydrazine groups is 1. The first-order chi connectivity index (χ1) is 11.7. The van der Waals surface area contributed by atoms with Gasteiger partial charge in [0.05, 0.1) is 0 Å². The molecule has 0 bridgehead atoms. The van der Waals surface area contributed by atoms with E-state index in [9.17, 15) is 4.79 Å². The van der Waals surface area contributed by atoms with Crippen molar-refractivity contribution in [2.24, 2.45) is 5.84 Å². The summed E-state index contributed by atoms with van der Waals surface area (Å²) in [4.78, 5) is 13.7. The van der Waals surface area contributed by atoms with E-state index in [2.05, 4.69) is 58.1 Å². The summed E-state index contributed by atoms with van der Waals surface area (Å²) in [6, 6.07) is 18.3. The van der Waals surface area contributed by atoms with Gasteiger partial charge in [-0.25, -0.2) is 10.6 Å². The van der Waals surface area contributed by atoms with Gasteiger partial charge in [-0.2, -0.15) is 0 Å². The molecule has 5 nitrogen and oxygen atoms in total. The van der Waals surface area contributed by atoms with E-state index in [4.69, 9.17) is 5.84 Å². The van der Waals surface area contributed by atoms with Crippen LogP contribution in [0, 0.1) is 0 Å². The Hall–Kier alpha value is -2.37. The van der Waals surface area contributed by atoms with Gasteiger partial charge < -0.3 is 5.32 Å². The lowest BCUT2D eigenvalue weighted by molar-refractivity contribution is 0.204. The maximum Gasteiger partial charge on any atom is 0.333 e. The molecule has 4 N–H and O–H groups in total. The second-order valence-corrected chi connectivity index (χ2v) is 6.26. The molecule has 0 saturated carbocycles. The summed E-state index contributed by atoms with van der Waals surface area (Å²) >= 11 is 0. The van der Waals surface area contributed by atoms with Gasteiger partial charge in [-0.15, -0.1) is 0 Å². The van der Waals surface area contributed by atoms with Crippen LogP contribution in [0.2, 0.25) is 0 Å². The molecule has 1 fully saturated rings. The van der Waals surface area contributed by atoms with Gasteiger partial charge in [0, 0.05) is 12.2 Å². The minimum Gasteiger partial charge on any atom is -0.307 e. The Bertz CT molecular complexity index is 649. The highest BCUT2D eigenvalue weighted by molar-refractivity contribution is 5.88. The van der Waals surface area contributed by atoms with E-state index >= 15 is 0 Å². The lowest BCUT2D eigenvalue weighted by Gasteiger charge is -2.32. The molecule has 0 aromatic heterocycles. The first-order valence-corrected chi connectivity index (χ1v) is 8.38. The van der Waals surface area contributed by atoms with Crippen molar-refractivity contribution in [3.05, 3.63) is 65.7 Å². The van der Waals surface area contributed by atoms with Crippen LogP contribution in [0.25, 0.3) is 0 Å². The number of hydrogen-bond acceptors (Lipinski definition) is 3. The lowest BCUT2D eigenvalue weighted by Crippen LogP contribution is -2.34. The Morgan fingerprint density at radius 3 is 2.33 bits per heavy atom. The lowest BCUT2D eigenvalue weighted by atomic mass is 9.89. The van der Waals surface area contributed by atoms with E-state index in [0.29, 0.717) is 5.92 Å². The Kier molecular flexibility index (Phi) is 5.46. The Morgan fingerprint density at radius 2 is 1.71 bits per heavy atom. The van der Waals surface area contributed by atoms with Crippen molar-refractivity contribution >= 4 is 11.7 Å². The summed E-state index contributed by atoms with van der Waals surface area (Å²) in [6.07, 6.45) is 2.34. The van der Waals surface area contributed by atoms with Crippen LogP contribution in [0.4, 0.5) is 10.5 Å². The zero-order valence-corrected chi connectivity index (χ0v) is 13.7. The molecule has 0 spiro atoms. The van der Waals surface area contributed by atoms with Crippen LogP contribution in [0.15, 0.2) is 54.6 Å². The van der Waals surface area contributed by atoms with Crippen molar-refractivity contribution in [3.63, 3.8) is 0 Å². The minimum absolute atomic E-state index is 0.406. The molecule has 0 atom stereocenters. The standard InChI is InChI=1S/C19H24N4O/c20-22-19(24)21-18-8-6-16(7-9-18)17-10-12-23(13-11-17)14-15-4-2-1-3-5-15/h1-9,17H,10-14,20H2,(H2,21,22,24). The third-order valence-corrected chi connectivity index (χ3v) is 4.61. The number of benzene rings is 2. The van der Waals surface area contributed by atoms with E-state index in [1.54, 1.807) is 0 Å². The first kappa shape index (κ1) is 16.5. The predicted molar refractivity (Wildman–Crippen MR) is 96.5 cm³/mol. The highest BCUT2D eigenvalue weighted by Gasteiger charge is 2.20. The third kappa shape index (κ3) is 4.34. The minimum atomic E-state index is -0.406. The van der Waals surface area contributed by atoms with Crippen LogP contribution in [0.1, 0.15) is 29.9 Å². The SMILES string of the molecule is NNC(=O)Nc1ccc(C2CCN(Cc3ccccc3)CC2)cc1. The van der Waals surface area contributed by atoms with Crippen LogP contribution >= 0.6 is 0 Å². The van der Waals surface area contributed by atoms with Gasteiger partial charge in [0.25, 0.3) is 0 Å². The normalized spacial score (nSPS) is 15.9. The number of carbonyl (C=O) groups is 1. The molecule has 0 aliphatic carbocycles. The highest BCUT2D eigenvalue weighted by Crippen LogP contribution is 2.29. The number of urea groups is 1. The number of nitrogens with zero attached hydrogens (tertiary/aromatic N) is 1. The molecule has 1 aliphatic rings. The summed E-state index contributed by atoms with van der Waals surface area (Å²) in [6.45, 7) is 3.27. The van der Waals surface area contributed by atoms with Crippen LogP contribution in [-0.2, 0) is 6.54 Å². The molecule has 3 rings (SSSR count). The fourth-order valence-electron chi connectivity index (χ4n) is 3.27. The van der Waals surface area contributed by atoms with Gasteiger partial charge >= 0.3 is 6.03 Å². The van der Waals surface area contributed by atoms with Crippen molar-refractivity contribution in [2.75, 3.05) is 18.4 Å². The van der Waals surface area contributed by atoms with Gasteiger partial charge in [0.1, 0.15) is 0 Å². The predicted octanol–water partition coefficient (Wildman–Crippen LogP) is 3.06. The highest BCUT2D eigenvalue weighted by atomic mass is 16.2. The molecule has 24 heavy (non-hydrogen) atoms. The maximum atomic E-state index is 11.2. The molecule has 2 aromatic carbocycles. The molecule has 126 valence electrons. The average molecular weight is 324 g/mol. The van der Waals surface area contributed by atoms with Crippen molar-refractivity contribution < 1.29 is 4.79 Å². The monoisotopic (exact) mass is 324 g/mol. The maximum absolute atomic E-state index is 11.2.